The molecule has 1 aliphatic carbocycles. The first-order chi connectivity index (χ1) is 8.70. The molecule has 0 aromatic heterocycles. The highest BCUT2D eigenvalue weighted by atomic mass is 35.5. The maximum atomic E-state index is 6.19. The van der Waals surface area contributed by atoms with Crippen LogP contribution in [0.4, 0.5) is 0 Å². The van der Waals surface area contributed by atoms with Crippen LogP contribution in [-0.2, 0) is 0 Å². The quantitative estimate of drug-likeness (QED) is 0.749. The van der Waals surface area contributed by atoms with E-state index in [-0.39, 0.29) is 6.04 Å². The molecule has 100 valence electrons. The standard InChI is InChI=1S/C14H20Cl2N2/c15-11-5-6-13(16)12(8-11)14(9-17)18-7-1-2-10-3-4-10/h5-6,8,10,14,18H,1-4,7,9,17H2. The third-order valence-corrected chi connectivity index (χ3v) is 4.03. The third-order valence-electron chi connectivity index (χ3n) is 3.45. The Balaban J connectivity index is 1.87. The normalized spacial score (nSPS) is 16.8. The van der Waals surface area contributed by atoms with Crippen molar-refractivity contribution in [1.29, 1.82) is 0 Å². The molecule has 0 heterocycles. The summed E-state index contributed by atoms with van der Waals surface area (Å²) in [7, 11) is 0. The number of nitrogens with one attached hydrogen (secondary N) is 1. The summed E-state index contributed by atoms with van der Waals surface area (Å²) < 4.78 is 0. The molecule has 1 atom stereocenters. The van der Waals surface area contributed by atoms with Crippen LogP contribution in [-0.4, -0.2) is 13.1 Å². The Hall–Kier alpha value is -0.280. The van der Waals surface area contributed by atoms with Crippen LogP contribution >= 0.6 is 23.2 Å². The highest BCUT2D eigenvalue weighted by Gasteiger charge is 2.20. The van der Waals surface area contributed by atoms with Gasteiger partial charge in [0.15, 0.2) is 0 Å². The molecule has 4 heteroatoms. The molecule has 1 unspecified atom stereocenters. The fourth-order valence-corrected chi connectivity index (χ4v) is 2.61. The second-order valence-electron chi connectivity index (χ2n) is 4.99. The van der Waals surface area contributed by atoms with Crippen molar-refractivity contribution in [3.8, 4) is 0 Å². The van der Waals surface area contributed by atoms with Crippen molar-refractivity contribution < 1.29 is 0 Å². The van der Waals surface area contributed by atoms with Gasteiger partial charge in [-0.3, -0.25) is 0 Å². The van der Waals surface area contributed by atoms with Gasteiger partial charge in [-0.1, -0.05) is 36.0 Å². The first kappa shape index (κ1) is 14.1. The van der Waals surface area contributed by atoms with E-state index < -0.39 is 0 Å². The molecule has 1 aromatic rings. The Labute approximate surface area is 119 Å². The Bertz CT molecular complexity index is 391. The van der Waals surface area contributed by atoms with Gasteiger partial charge in [0.05, 0.1) is 0 Å². The SMILES string of the molecule is NCC(NCCCC1CC1)c1cc(Cl)ccc1Cl. The summed E-state index contributed by atoms with van der Waals surface area (Å²) in [6.45, 7) is 1.52. The average Bonchev–Trinajstić information content (AvgIpc) is 3.17. The lowest BCUT2D eigenvalue weighted by Crippen LogP contribution is -2.29. The first-order valence-corrected chi connectivity index (χ1v) is 7.34. The van der Waals surface area contributed by atoms with Crippen molar-refractivity contribution in [1.82, 2.24) is 5.32 Å². The molecule has 0 bridgehead atoms. The molecule has 0 amide bonds. The first-order valence-electron chi connectivity index (χ1n) is 6.59. The average molecular weight is 287 g/mol. The van der Waals surface area contributed by atoms with Gasteiger partial charge in [-0.25, -0.2) is 0 Å². The predicted molar refractivity (Wildman–Crippen MR) is 78.2 cm³/mol. The molecule has 18 heavy (non-hydrogen) atoms. The summed E-state index contributed by atoms with van der Waals surface area (Å²) in [5.41, 5.74) is 6.81. The molecule has 1 aromatic carbocycles. The van der Waals surface area contributed by atoms with E-state index in [1.807, 2.05) is 12.1 Å². The van der Waals surface area contributed by atoms with E-state index >= 15 is 0 Å². The fourth-order valence-electron chi connectivity index (χ4n) is 2.18. The fraction of sp³-hybridized carbons (Fsp3) is 0.571. The molecule has 0 spiro atoms. The molecule has 2 rings (SSSR count). The molecule has 3 N–H and O–H groups in total. The zero-order valence-electron chi connectivity index (χ0n) is 10.5. The monoisotopic (exact) mass is 286 g/mol. The summed E-state index contributed by atoms with van der Waals surface area (Å²) in [5, 5.41) is 4.90. The zero-order valence-corrected chi connectivity index (χ0v) is 12.0. The van der Waals surface area contributed by atoms with Crippen molar-refractivity contribution in [3.05, 3.63) is 33.8 Å². The lowest BCUT2D eigenvalue weighted by Gasteiger charge is -2.19. The summed E-state index contributed by atoms with van der Waals surface area (Å²) in [5.74, 6) is 0.984. The molecule has 0 aliphatic heterocycles. The minimum atomic E-state index is 0.0930. The number of benzene rings is 1. The minimum Gasteiger partial charge on any atom is -0.329 e. The van der Waals surface area contributed by atoms with Gasteiger partial charge in [0.25, 0.3) is 0 Å². The van der Waals surface area contributed by atoms with Crippen LogP contribution in [0.25, 0.3) is 0 Å². The van der Waals surface area contributed by atoms with Gasteiger partial charge in [0.1, 0.15) is 0 Å². The third kappa shape index (κ3) is 4.13. The minimum absolute atomic E-state index is 0.0930. The molecule has 0 radical (unpaired) electrons. The van der Waals surface area contributed by atoms with Gasteiger partial charge >= 0.3 is 0 Å². The van der Waals surface area contributed by atoms with Crippen LogP contribution in [0.15, 0.2) is 18.2 Å². The molecular weight excluding hydrogens is 267 g/mol. The Morgan fingerprint density at radius 2 is 2.11 bits per heavy atom. The van der Waals surface area contributed by atoms with Gasteiger partial charge in [-0.15, -0.1) is 0 Å². The van der Waals surface area contributed by atoms with Gasteiger partial charge in [0.2, 0.25) is 0 Å². The number of rotatable bonds is 7. The molecule has 0 saturated heterocycles. The van der Waals surface area contributed by atoms with E-state index in [1.54, 1.807) is 6.07 Å². The van der Waals surface area contributed by atoms with Crippen molar-refractivity contribution in [2.75, 3.05) is 13.1 Å². The smallest absolute Gasteiger partial charge is 0.0459 e. The summed E-state index contributed by atoms with van der Waals surface area (Å²) in [6, 6.07) is 5.62. The maximum absolute atomic E-state index is 6.19. The van der Waals surface area contributed by atoms with E-state index in [1.165, 1.54) is 25.7 Å². The second-order valence-corrected chi connectivity index (χ2v) is 5.84. The molecular formula is C14H20Cl2N2. The van der Waals surface area contributed by atoms with E-state index in [4.69, 9.17) is 28.9 Å². The summed E-state index contributed by atoms with van der Waals surface area (Å²) in [6.07, 6.45) is 5.37. The van der Waals surface area contributed by atoms with E-state index in [0.717, 1.165) is 23.0 Å². The van der Waals surface area contributed by atoms with Crippen molar-refractivity contribution in [3.63, 3.8) is 0 Å². The molecule has 2 nitrogen and oxygen atoms in total. The van der Waals surface area contributed by atoms with E-state index in [0.29, 0.717) is 11.6 Å². The lowest BCUT2D eigenvalue weighted by atomic mass is 10.1. The molecule has 1 saturated carbocycles. The maximum Gasteiger partial charge on any atom is 0.0459 e. The summed E-state index contributed by atoms with van der Waals surface area (Å²) >= 11 is 12.2. The van der Waals surface area contributed by atoms with E-state index in [2.05, 4.69) is 5.32 Å². The van der Waals surface area contributed by atoms with Gasteiger partial charge in [-0.2, -0.15) is 0 Å². The van der Waals surface area contributed by atoms with Crippen LogP contribution < -0.4 is 11.1 Å². The predicted octanol–water partition coefficient (Wildman–Crippen LogP) is 3.77. The molecule has 1 fully saturated rings. The van der Waals surface area contributed by atoms with Crippen molar-refractivity contribution >= 4 is 23.2 Å². The Morgan fingerprint density at radius 3 is 2.78 bits per heavy atom. The van der Waals surface area contributed by atoms with Crippen LogP contribution in [0.3, 0.4) is 0 Å². The Morgan fingerprint density at radius 1 is 1.33 bits per heavy atom. The topological polar surface area (TPSA) is 38.0 Å². The number of hydrogen-bond acceptors (Lipinski definition) is 2. The van der Waals surface area contributed by atoms with Gasteiger partial charge in [0, 0.05) is 22.6 Å². The second kappa shape index (κ2) is 6.76. The Kier molecular flexibility index (Phi) is 5.31. The zero-order chi connectivity index (χ0) is 13.0. The van der Waals surface area contributed by atoms with E-state index in [9.17, 15) is 0 Å². The number of hydrogen-bond donors (Lipinski definition) is 2. The summed E-state index contributed by atoms with van der Waals surface area (Å²) in [4.78, 5) is 0. The van der Waals surface area contributed by atoms with Crippen LogP contribution in [0.1, 0.15) is 37.3 Å². The van der Waals surface area contributed by atoms with Crippen molar-refractivity contribution in [2.24, 2.45) is 11.7 Å². The van der Waals surface area contributed by atoms with Crippen LogP contribution in [0, 0.1) is 5.92 Å². The van der Waals surface area contributed by atoms with Crippen LogP contribution in [0.5, 0.6) is 0 Å². The van der Waals surface area contributed by atoms with Gasteiger partial charge < -0.3 is 11.1 Å². The lowest BCUT2D eigenvalue weighted by molar-refractivity contribution is 0.512. The molecule has 1 aliphatic rings. The van der Waals surface area contributed by atoms with Gasteiger partial charge in [-0.05, 0) is 49.1 Å². The number of halogens is 2. The van der Waals surface area contributed by atoms with Crippen LogP contribution in [0.2, 0.25) is 10.0 Å². The van der Waals surface area contributed by atoms with Crippen molar-refractivity contribution in [2.45, 2.75) is 31.7 Å². The highest BCUT2D eigenvalue weighted by Crippen LogP contribution is 2.33. The number of nitrogens with two attached hydrogens (primary N) is 1. The largest absolute Gasteiger partial charge is 0.329 e. The highest BCUT2D eigenvalue weighted by molar-refractivity contribution is 6.33.